The van der Waals surface area contributed by atoms with Crippen LogP contribution >= 0.6 is 0 Å². The second-order valence-electron chi connectivity index (χ2n) is 4.83. The minimum Gasteiger partial charge on any atom is -0.476 e. The number of imidazole rings is 1. The Morgan fingerprint density at radius 2 is 2.05 bits per heavy atom. The Morgan fingerprint density at radius 3 is 2.58 bits per heavy atom. The fourth-order valence-corrected chi connectivity index (χ4v) is 2.23. The number of hydrogen-bond acceptors (Lipinski definition) is 2. The molecule has 106 valence electrons. The molecular formula is C15H24N2O2. The van der Waals surface area contributed by atoms with E-state index in [4.69, 9.17) is 0 Å². The first-order valence-corrected chi connectivity index (χ1v) is 7.00. The van der Waals surface area contributed by atoms with Gasteiger partial charge in [0.1, 0.15) is 5.82 Å². The zero-order valence-corrected chi connectivity index (χ0v) is 12.4. The first kappa shape index (κ1) is 15.5. The summed E-state index contributed by atoms with van der Waals surface area (Å²) in [5.74, 6) is -0.148. The molecule has 0 amide bonds. The molecule has 0 bridgehead atoms. The van der Waals surface area contributed by atoms with Gasteiger partial charge in [-0.2, -0.15) is 0 Å². The van der Waals surface area contributed by atoms with Gasteiger partial charge in [0.25, 0.3) is 0 Å². The smallest absolute Gasteiger partial charge is 0.356 e. The Balaban J connectivity index is 3.15. The van der Waals surface area contributed by atoms with Gasteiger partial charge in [-0.25, -0.2) is 9.78 Å². The average molecular weight is 264 g/mol. The van der Waals surface area contributed by atoms with E-state index in [0.717, 1.165) is 49.3 Å². The van der Waals surface area contributed by atoms with Gasteiger partial charge in [0.15, 0.2) is 5.69 Å². The molecule has 0 radical (unpaired) electrons. The highest BCUT2D eigenvalue weighted by atomic mass is 16.4. The molecule has 1 heterocycles. The van der Waals surface area contributed by atoms with Crippen LogP contribution < -0.4 is 0 Å². The van der Waals surface area contributed by atoms with Crippen LogP contribution in [0.25, 0.3) is 5.57 Å². The number of aromatic nitrogens is 2. The van der Waals surface area contributed by atoms with Gasteiger partial charge in [0.2, 0.25) is 0 Å². The van der Waals surface area contributed by atoms with Crippen LogP contribution in [0.3, 0.4) is 0 Å². The highest BCUT2D eigenvalue weighted by Gasteiger charge is 2.19. The van der Waals surface area contributed by atoms with Gasteiger partial charge in [0.05, 0.1) is 0 Å². The molecule has 0 aliphatic heterocycles. The van der Waals surface area contributed by atoms with E-state index in [0.29, 0.717) is 0 Å². The molecule has 4 heteroatoms. The molecule has 1 rings (SSSR count). The topological polar surface area (TPSA) is 55.1 Å². The minimum absolute atomic E-state index is 0.176. The Bertz CT molecular complexity index is 473. The Labute approximate surface area is 115 Å². The van der Waals surface area contributed by atoms with Gasteiger partial charge in [-0.1, -0.05) is 32.8 Å². The van der Waals surface area contributed by atoms with E-state index >= 15 is 0 Å². The molecule has 0 unspecified atom stereocenters. The highest BCUT2D eigenvalue weighted by Crippen LogP contribution is 2.20. The van der Waals surface area contributed by atoms with Crippen LogP contribution in [-0.2, 0) is 6.54 Å². The number of carboxylic acids is 1. The Kier molecular flexibility index (Phi) is 5.80. The predicted octanol–water partition coefficient (Wildman–Crippen LogP) is 3.89. The summed E-state index contributed by atoms with van der Waals surface area (Å²) >= 11 is 0. The van der Waals surface area contributed by atoms with Crippen LogP contribution in [0.5, 0.6) is 0 Å². The minimum atomic E-state index is -0.947. The summed E-state index contributed by atoms with van der Waals surface area (Å²) in [5.41, 5.74) is 1.98. The third kappa shape index (κ3) is 3.69. The Morgan fingerprint density at radius 1 is 1.37 bits per heavy atom. The second-order valence-corrected chi connectivity index (χ2v) is 4.83. The number of allylic oxidation sites excluding steroid dienone is 2. The summed E-state index contributed by atoms with van der Waals surface area (Å²) in [6.45, 7) is 8.90. The molecule has 0 atom stereocenters. The lowest BCUT2D eigenvalue weighted by molar-refractivity contribution is 0.0690. The number of unbranched alkanes of at least 4 members (excludes halogenated alkanes) is 2. The van der Waals surface area contributed by atoms with Crippen molar-refractivity contribution in [1.82, 2.24) is 9.55 Å². The lowest BCUT2D eigenvalue weighted by atomic mass is 10.2. The molecule has 1 aromatic heterocycles. The lowest BCUT2D eigenvalue weighted by Crippen LogP contribution is -2.06. The van der Waals surface area contributed by atoms with Crippen molar-refractivity contribution in [1.29, 1.82) is 0 Å². The molecule has 0 fully saturated rings. The van der Waals surface area contributed by atoms with E-state index in [1.54, 1.807) is 0 Å². The zero-order valence-electron chi connectivity index (χ0n) is 12.4. The second kappa shape index (κ2) is 7.12. The first-order chi connectivity index (χ1) is 9.02. The number of aromatic carboxylic acids is 1. The zero-order chi connectivity index (χ0) is 14.4. The van der Waals surface area contributed by atoms with Crippen molar-refractivity contribution in [2.75, 3.05) is 0 Å². The Hall–Kier alpha value is -1.58. The standard InChI is InChI=1S/C15H24N2O2/c1-5-7-8-10-17-12(4)13(15(18)19)16-14(17)11(3)9-6-2/h9H,5-8,10H2,1-4H3,(H,18,19)/b11-9+. The monoisotopic (exact) mass is 264 g/mol. The molecular weight excluding hydrogens is 240 g/mol. The summed E-state index contributed by atoms with van der Waals surface area (Å²) in [6.07, 6.45) is 6.37. The summed E-state index contributed by atoms with van der Waals surface area (Å²) in [4.78, 5) is 15.5. The molecule has 4 nitrogen and oxygen atoms in total. The SMILES string of the molecule is CC/C=C(\C)c1nc(C(=O)O)c(C)n1CCCCC. The van der Waals surface area contributed by atoms with Gasteiger partial charge in [0, 0.05) is 12.2 Å². The van der Waals surface area contributed by atoms with E-state index in [2.05, 4.69) is 24.9 Å². The van der Waals surface area contributed by atoms with Crippen molar-refractivity contribution in [3.05, 3.63) is 23.3 Å². The van der Waals surface area contributed by atoms with Crippen LogP contribution in [0, 0.1) is 6.92 Å². The summed E-state index contributed by atoms with van der Waals surface area (Å²) < 4.78 is 2.04. The van der Waals surface area contributed by atoms with Crippen LogP contribution in [0.15, 0.2) is 6.08 Å². The third-order valence-electron chi connectivity index (χ3n) is 3.27. The van der Waals surface area contributed by atoms with Crippen LogP contribution in [0.2, 0.25) is 0 Å². The molecule has 0 aliphatic rings. The van der Waals surface area contributed by atoms with E-state index < -0.39 is 5.97 Å². The number of nitrogens with zero attached hydrogens (tertiary/aromatic N) is 2. The normalized spacial score (nSPS) is 11.9. The number of carboxylic acid groups (broad SMARTS) is 1. The summed E-state index contributed by atoms with van der Waals surface area (Å²) in [7, 11) is 0. The molecule has 1 N–H and O–H groups in total. The number of carbonyl (C=O) groups is 1. The van der Waals surface area contributed by atoms with Gasteiger partial charge in [-0.05, 0) is 32.3 Å². The molecule has 0 spiro atoms. The maximum absolute atomic E-state index is 11.2. The van der Waals surface area contributed by atoms with E-state index in [9.17, 15) is 9.90 Å². The van der Waals surface area contributed by atoms with Crippen LogP contribution in [0.1, 0.15) is 68.5 Å². The van der Waals surface area contributed by atoms with E-state index in [1.807, 2.05) is 18.4 Å². The fraction of sp³-hybridized carbons (Fsp3) is 0.600. The van der Waals surface area contributed by atoms with Crippen molar-refractivity contribution in [2.24, 2.45) is 0 Å². The quantitative estimate of drug-likeness (QED) is 0.760. The molecule has 1 aromatic rings. The van der Waals surface area contributed by atoms with Gasteiger partial charge in [-0.3, -0.25) is 0 Å². The third-order valence-corrected chi connectivity index (χ3v) is 3.27. The fourth-order valence-electron chi connectivity index (χ4n) is 2.23. The van der Waals surface area contributed by atoms with Crippen molar-refractivity contribution in [3.63, 3.8) is 0 Å². The first-order valence-electron chi connectivity index (χ1n) is 7.00. The molecule has 0 saturated carbocycles. The maximum atomic E-state index is 11.2. The van der Waals surface area contributed by atoms with Crippen molar-refractivity contribution in [2.45, 2.75) is 59.9 Å². The summed E-state index contributed by atoms with van der Waals surface area (Å²) in [5, 5.41) is 9.19. The highest BCUT2D eigenvalue weighted by molar-refractivity contribution is 5.87. The predicted molar refractivity (Wildman–Crippen MR) is 77.4 cm³/mol. The lowest BCUT2D eigenvalue weighted by Gasteiger charge is -2.10. The molecule has 0 saturated heterocycles. The van der Waals surface area contributed by atoms with Gasteiger partial charge in [-0.15, -0.1) is 0 Å². The molecule has 0 aromatic carbocycles. The van der Waals surface area contributed by atoms with E-state index in [1.165, 1.54) is 0 Å². The van der Waals surface area contributed by atoms with Crippen molar-refractivity contribution in [3.8, 4) is 0 Å². The number of rotatable bonds is 7. The largest absolute Gasteiger partial charge is 0.476 e. The molecule has 0 aliphatic carbocycles. The van der Waals surface area contributed by atoms with E-state index in [-0.39, 0.29) is 5.69 Å². The summed E-state index contributed by atoms with van der Waals surface area (Å²) in [6, 6.07) is 0. The van der Waals surface area contributed by atoms with Gasteiger partial charge >= 0.3 is 5.97 Å². The van der Waals surface area contributed by atoms with Crippen molar-refractivity contribution < 1.29 is 9.90 Å². The maximum Gasteiger partial charge on any atom is 0.356 e. The number of hydrogen-bond donors (Lipinski definition) is 1. The van der Waals surface area contributed by atoms with Crippen LogP contribution in [-0.4, -0.2) is 20.6 Å². The van der Waals surface area contributed by atoms with Gasteiger partial charge < -0.3 is 9.67 Å². The average Bonchev–Trinajstić information content (AvgIpc) is 2.68. The van der Waals surface area contributed by atoms with Crippen molar-refractivity contribution >= 4 is 11.5 Å². The molecule has 19 heavy (non-hydrogen) atoms. The van der Waals surface area contributed by atoms with Crippen LogP contribution in [0.4, 0.5) is 0 Å².